The van der Waals surface area contributed by atoms with Crippen LogP contribution in [0.25, 0.3) is 0 Å². The fraction of sp³-hybridized carbons (Fsp3) is 0.333. The highest BCUT2D eigenvalue weighted by Gasteiger charge is 2.50. The normalized spacial score (nSPS) is 22.8. The van der Waals surface area contributed by atoms with Crippen LogP contribution in [-0.4, -0.2) is 37.6 Å². The minimum absolute atomic E-state index is 0.243. The topological polar surface area (TPSA) is 55.8 Å². The molecular weight excluding hydrogens is 330 g/mol. The predicted molar refractivity (Wildman–Crippen MR) is 97.0 cm³/mol. The molecule has 1 heterocycles. The summed E-state index contributed by atoms with van der Waals surface area (Å²) in [4.78, 5) is 27.1. The minimum atomic E-state index is -0.599. The number of carbonyl (C=O) groups excluding carboxylic acids is 2. The number of hydrogen-bond donors (Lipinski definition) is 0. The van der Waals surface area contributed by atoms with Crippen molar-refractivity contribution < 1.29 is 19.1 Å². The third kappa shape index (κ3) is 3.63. The highest BCUT2D eigenvalue weighted by molar-refractivity contribution is 5.83. The summed E-state index contributed by atoms with van der Waals surface area (Å²) in [5, 5.41) is 0. The average molecular weight is 353 g/mol. The first-order valence-electron chi connectivity index (χ1n) is 8.64. The molecule has 5 nitrogen and oxygen atoms in total. The molecule has 0 N–H and O–H groups in total. The zero-order valence-corrected chi connectivity index (χ0v) is 15.0. The lowest BCUT2D eigenvalue weighted by atomic mass is 9.87. The van der Waals surface area contributed by atoms with Crippen LogP contribution in [0.5, 0.6) is 0 Å². The van der Waals surface area contributed by atoms with Crippen molar-refractivity contribution in [2.75, 3.05) is 20.8 Å². The van der Waals surface area contributed by atoms with Crippen molar-refractivity contribution in [3.63, 3.8) is 0 Å². The van der Waals surface area contributed by atoms with Crippen molar-refractivity contribution in [1.29, 1.82) is 0 Å². The van der Waals surface area contributed by atoms with Crippen molar-refractivity contribution in [2.45, 2.75) is 12.6 Å². The molecule has 1 aliphatic heterocycles. The summed E-state index contributed by atoms with van der Waals surface area (Å²) in [5.74, 6) is -1.92. The van der Waals surface area contributed by atoms with E-state index < -0.39 is 11.8 Å². The third-order valence-corrected chi connectivity index (χ3v) is 4.95. The number of esters is 2. The van der Waals surface area contributed by atoms with Crippen molar-refractivity contribution in [3.05, 3.63) is 71.8 Å². The van der Waals surface area contributed by atoms with Crippen LogP contribution >= 0.6 is 0 Å². The Morgan fingerprint density at radius 1 is 0.923 bits per heavy atom. The maximum atomic E-state index is 12.6. The third-order valence-electron chi connectivity index (χ3n) is 4.95. The molecule has 0 radical (unpaired) electrons. The molecule has 3 rings (SSSR count). The van der Waals surface area contributed by atoms with E-state index in [4.69, 9.17) is 9.47 Å². The number of hydrogen-bond acceptors (Lipinski definition) is 5. The summed E-state index contributed by atoms with van der Waals surface area (Å²) in [5.41, 5.74) is 2.12. The van der Waals surface area contributed by atoms with Gasteiger partial charge in [-0.3, -0.25) is 14.5 Å². The Bertz CT molecular complexity index is 747. The maximum absolute atomic E-state index is 12.6. The van der Waals surface area contributed by atoms with Gasteiger partial charge in [-0.15, -0.1) is 0 Å². The zero-order valence-electron chi connectivity index (χ0n) is 15.0. The lowest BCUT2D eigenvalue weighted by Crippen LogP contribution is -2.32. The molecule has 5 heteroatoms. The van der Waals surface area contributed by atoms with E-state index in [1.54, 1.807) is 0 Å². The number of methoxy groups -OCH3 is 2. The largest absolute Gasteiger partial charge is 0.469 e. The molecule has 136 valence electrons. The number of carbonyl (C=O) groups is 2. The van der Waals surface area contributed by atoms with Gasteiger partial charge < -0.3 is 9.47 Å². The van der Waals surface area contributed by atoms with E-state index in [0.29, 0.717) is 13.1 Å². The first kappa shape index (κ1) is 18.1. The first-order valence-corrected chi connectivity index (χ1v) is 8.64. The smallest absolute Gasteiger partial charge is 0.311 e. The van der Waals surface area contributed by atoms with Gasteiger partial charge in [-0.05, 0) is 11.1 Å². The van der Waals surface area contributed by atoms with Gasteiger partial charge in [0.25, 0.3) is 0 Å². The molecule has 2 aromatic rings. The van der Waals surface area contributed by atoms with Crippen LogP contribution in [0.3, 0.4) is 0 Å². The van der Waals surface area contributed by atoms with Crippen molar-refractivity contribution >= 4 is 11.9 Å². The summed E-state index contributed by atoms with van der Waals surface area (Å²) in [6.07, 6.45) is 0. The molecule has 1 aliphatic rings. The molecule has 0 saturated carbocycles. The van der Waals surface area contributed by atoms with Gasteiger partial charge in [-0.25, -0.2) is 0 Å². The zero-order chi connectivity index (χ0) is 18.5. The molecule has 0 aromatic heterocycles. The Balaban J connectivity index is 2.00. The van der Waals surface area contributed by atoms with Crippen LogP contribution in [-0.2, 0) is 25.6 Å². The summed E-state index contributed by atoms with van der Waals surface area (Å²) >= 11 is 0. The van der Waals surface area contributed by atoms with Gasteiger partial charge in [0.1, 0.15) is 0 Å². The van der Waals surface area contributed by atoms with Crippen LogP contribution in [0, 0.1) is 11.8 Å². The minimum Gasteiger partial charge on any atom is -0.469 e. The second-order valence-electron chi connectivity index (χ2n) is 6.45. The second-order valence-corrected chi connectivity index (χ2v) is 6.45. The predicted octanol–water partition coefficient (Wildman–Crippen LogP) is 2.82. The van der Waals surface area contributed by atoms with E-state index in [9.17, 15) is 9.59 Å². The van der Waals surface area contributed by atoms with Gasteiger partial charge in [0.2, 0.25) is 0 Å². The monoisotopic (exact) mass is 353 g/mol. The maximum Gasteiger partial charge on any atom is 0.311 e. The van der Waals surface area contributed by atoms with Crippen LogP contribution in [0.4, 0.5) is 0 Å². The molecular formula is C21H23NO4. The van der Waals surface area contributed by atoms with Crippen LogP contribution < -0.4 is 0 Å². The van der Waals surface area contributed by atoms with Gasteiger partial charge in [-0.1, -0.05) is 60.7 Å². The molecule has 0 bridgehead atoms. The fourth-order valence-corrected chi connectivity index (χ4v) is 3.78. The van der Waals surface area contributed by atoms with E-state index in [-0.39, 0.29) is 18.0 Å². The molecule has 26 heavy (non-hydrogen) atoms. The highest BCUT2D eigenvalue weighted by Crippen LogP contribution is 2.42. The average Bonchev–Trinajstić information content (AvgIpc) is 3.07. The van der Waals surface area contributed by atoms with Crippen molar-refractivity contribution in [3.8, 4) is 0 Å². The molecule has 1 saturated heterocycles. The number of ether oxygens (including phenoxy) is 2. The number of benzene rings is 2. The first-order chi connectivity index (χ1) is 12.7. The summed E-state index contributed by atoms with van der Waals surface area (Å²) in [7, 11) is 2.71. The fourth-order valence-electron chi connectivity index (χ4n) is 3.78. The molecule has 3 atom stereocenters. The number of nitrogens with zero attached hydrogens (tertiary/aromatic N) is 1. The van der Waals surface area contributed by atoms with Crippen molar-refractivity contribution in [2.24, 2.45) is 11.8 Å². The Hall–Kier alpha value is -2.66. The summed E-state index contributed by atoms with van der Waals surface area (Å²) in [6.45, 7) is 1.09. The van der Waals surface area contributed by atoms with E-state index in [1.807, 2.05) is 60.7 Å². The van der Waals surface area contributed by atoms with Crippen LogP contribution in [0.1, 0.15) is 17.2 Å². The Kier molecular flexibility index (Phi) is 5.68. The van der Waals surface area contributed by atoms with Crippen molar-refractivity contribution in [1.82, 2.24) is 4.90 Å². The molecule has 0 aliphatic carbocycles. The summed E-state index contributed by atoms with van der Waals surface area (Å²) < 4.78 is 10.0. The van der Waals surface area contributed by atoms with E-state index in [0.717, 1.165) is 11.1 Å². The molecule has 2 aromatic carbocycles. The van der Waals surface area contributed by atoms with Gasteiger partial charge >= 0.3 is 11.9 Å². The highest BCUT2D eigenvalue weighted by atomic mass is 16.5. The van der Waals surface area contributed by atoms with Gasteiger partial charge in [0.15, 0.2) is 0 Å². The van der Waals surface area contributed by atoms with E-state index in [2.05, 4.69) is 4.90 Å². The molecule has 0 amide bonds. The Morgan fingerprint density at radius 3 is 2.08 bits per heavy atom. The molecule has 0 spiro atoms. The molecule has 1 fully saturated rings. The van der Waals surface area contributed by atoms with Crippen LogP contribution in [0.15, 0.2) is 60.7 Å². The quantitative estimate of drug-likeness (QED) is 0.774. The van der Waals surface area contributed by atoms with Gasteiger partial charge in [0, 0.05) is 19.1 Å². The lowest BCUT2D eigenvalue weighted by molar-refractivity contribution is -0.156. The van der Waals surface area contributed by atoms with Gasteiger partial charge in [0.05, 0.1) is 26.1 Å². The number of rotatable bonds is 5. The Morgan fingerprint density at radius 2 is 1.50 bits per heavy atom. The van der Waals surface area contributed by atoms with E-state index >= 15 is 0 Å². The summed E-state index contributed by atoms with van der Waals surface area (Å²) in [6, 6.07) is 19.6. The number of likely N-dealkylation sites (tertiary alicyclic amines) is 1. The van der Waals surface area contributed by atoms with Gasteiger partial charge in [-0.2, -0.15) is 0 Å². The standard InChI is InChI=1S/C21H23NO4/c1-25-20(23)17-14-22(13-15-9-5-3-6-10-15)19(18(17)21(24)26-2)16-11-7-4-8-12-16/h3-12,17-19H,13-14H2,1-2H3/t17-,18-,19-/m0/s1. The second kappa shape index (κ2) is 8.15. The molecule has 0 unspecified atom stereocenters. The SMILES string of the molecule is COC(=O)[C@H]1[C@@H](C(=O)OC)CN(Cc2ccccc2)[C@H]1c1ccccc1. The van der Waals surface area contributed by atoms with Crippen LogP contribution in [0.2, 0.25) is 0 Å². The van der Waals surface area contributed by atoms with E-state index in [1.165, 1.54) is 14.2 Å². The lowest BCUT2D eigenvalue weighted by Gasteiger charge is -2.27. The Labute approximate surface area is 153 Å².